The first-order chi connectivity index (χ1) is 5.29. The molecule has 1 aromatic rings. The molecule has 3 N–H and O–H groups in total. The molecule has 0 bridgehead atoms. The van der Waals surface area contributed by atoms with E-state index in [9.17, 15) is 4.79 Å². The molecule has 59 valence electrons. The summed E-state index contributed by atoms with van der Waals surface area (Å²) >= 11 is 0. The Hall–Kier alpha value is -1.52. The number of carbonyl (C=O) groups is 1. The van der Waals surface area contributed by atoms with Crippen molar-refractivity contribution in [2.24, 2.45) is 0 Å². The molecule has 11 heavy (non-hydrogen) atoms. The van der Waals surface area contributed by atoms with Gasteiger partial charge in [-0.2, -0.15) is 0 Å². The molecule has 1 aromatic heterocycles. The van der Waals surface area contributed by atoms with Gasteiger partial charge in [0, 0.05) is 24.9 Å². The van der Waals surface area contributed by atoms with Gasteiger partial charge in [0.05, 0.1) is 6.33 Å². The summed E-state index contributed by atoms with van der Waals surface area (Å²) in [6.45, 7) is 0.477. The van der Waals surface area contributed by atoms with Crippen LogP contribution in [0.4, 0.5) is 4.79 Å². The number of urea groups is 1. The van der Waals surface area contributed by atoms with E-state index in [1.807, 2.05) is 0 Å². The zero-order chi connectivity index (χ0) is 8.10. The maximum absolute atomic E-state index is 10.1. The molecule has 0 aromatic carbocycles. The Kier molecular flexibility index (Phi) is 2.48. The number of nitrogens with one attached hydrogen (secondary N) is 3. The molecular weight excluding hydrogens is 144 g/mol. The zero-order valence-electron chi connectivity index (χ0n) is 5.92. The highest BCUT2D eigenvalue weighted by Gasteiger charge is 1.94. The monoisotopic (exact) mass is 153 g/mol. The quantitative estimate of drug-likeness (QED) is 0.638. The van der Waals surface area contributed by atoms with Crippen LogP contribution in [0.5, 0.6) is 0 Å². The second-order valence-electron chi connectivity index (χ2n) is 2.08. The predicted octanol–water partition coefficient (Wildman–Crippen LogP) is -0.0553. The minimum Gasteiger partial charge on any atom is -0.348 e. The number of imidazole rings is 1. The lowest BCUT2D eigenvalue weighted by atomic mass is 10.3. The first-order valence-corrected chi connectivity index (χ1v) is 3.25. The normalized spacial score (nSPS) is 9.45. The number of aromatic amines is 1. The fourth-order valence-corrected chi connectivity index (χ4v) is 0.732. The minimum absolute atomic E-state index is 0.477. The molecule has 1 rings (SSSR count). The Bertz CT molecular complexity index is 218. The molecule has 0 saturated carbocycles. The number of amides is 2. The lowest BCUT2D eigenvalue weighted by Crippen LogP contribution is -2.24. The molecule has 1 heterocycles. The Morgan fingerprint density at radius 1 is 1.82 bits per heavy atom. The number of nitrogens with zero attached hydrogens (tertiary/aromatic N) is 1. The van der Waals surface area contributed by atoms with Gasteiger partial charge in [-0.3, -0.25) is 0 Å². The molecule has 5 nitrogen and oxygen atoms in total. The van der Waals surface area contributed by atoms with E-state index in [4.69, 9.17) is 5.73 Å². The highest BCUT2D eigenvalue weighted by Crippen LogP contribution is 1.89. The minimum atomic E-state index is -0.746. The first kappa shape index (κ1) is 7.59. The van der Waals surface area contributed by atoms with Crippen LogP contribution in [-0.2, 0) is 6.42 Å². The van der Waals surface area contributed by atoms with Crippen LogP contribution < -0.4 is 11.1 Å². The SMILES string of the molecule is [NH]C(=O)NCCc1cnc[nH]1. The van der Waals surface area contributed by atoms with Crippen molar-refractivity contribution >= 4 is 6.03 Å². The number of hydrogen-bond donors (Lipinski definition) is 2. The average molecular weight is 153 g/mol. The standard InChI is InChI=1S/C6H9N4O/c7-6(11)9-2-1-5-3-8-4-10-5/h3-4,7H,1-2H2,(H,8,10)(H,9,11). The molecule has 0 fully saturated rings. The number of hydrogen-bond acceptors (Lipinski definition) is 2. The fourth-order valence-electron chi connectivity index (χ4n) is 0.732. The molecule has 1 radical (unpaired) electrons. The summed E-state index contributed by atoms with van der Waals surface area (Å²) in [4.78, 5) is 16.8. The molecule has 0 aliphatic rings. The van der Waals surface area contributed by atoms with Gasteiger partial charge in [0.2, 0.25) is 0 Å². The van der Waals surface area contributed by atoms with Crippen molar-refractivity contribution in [3.63, 3.8) is 0 Å². The third-order valence-corrected chi connectivity index (χ3v) is 1.23. The average Bonchev–Trinajstić information content (AvgIpc) is 2.39. The lowest BCUT2D eigenvalue weighted by Gasteiger charge is -1.96. The topological polar surface area (TPSA) is 81.6 Å². The molecule has 0 spiro atoms. The Morgan fingerprint density at radius 2 is 2.64 bits per heavy atom. The van der Waals surface area contributed by atoms with Gasteiger partial charge in [-0.15, -0.1) is 0 Å². The third kappa shape index (κ3) is 2.70. The van der Waals surface area contributed by atoms with Gasteiger partial charge in [-0.1, -0.05) is 0 Å². The van der Waals surface area contributed by atoms with Crippen molar-refractivity contribution in [3.8, 4) is 0 Å². The van der Waals surface area contributed by atoms with Crippen LogP contribution in [-0.4, -0.2) is 22.5 Å². The number of aromatic nitrogens is 2. The van der Waals surface area contributed by atoms with Crippen molar-refractivity contribution in [2.75, 3.05) is 6.54 Å². The van der Waals surface area contributed by atoms with E-state index in [-0.39, 0.29) is 0 Å². The predicted molar refractivity (Wildman–Crippen MR) is 38.8 cm³/mol. The van der Waals surface area contributed by atoms with Gasteiger partial charge in [-0.05, 0) is 0 Å². The second-order valence-corrected chi connectivity index (χ2v) is 2.08. The zero-order valence-corrected chi connectivity index (χ0v) is 5.92. The van der Waals surface area contributed by atoms with Crippen LogP contribution in [0.1, 0.15) is 5.69 Å². The molecule has 0 atom stereocenters. The maximum Gasteiger partial charge on any atom is 0.333 e. The van der Waals surface area contributed by atoms with Crippen molar-refractivity contribution in [3.05, 3.63) is 18.2 Å². The van der Waals surface area contributed by atoms with E-state index in [1.54, 1.807) is 12.5 Å². The van der Waals surface area contributed by atoms with Crippen LogP contribution >= 0.6 is 0 Å². The van der Waals surface area contributed by atoms with E-state index in [2.05, 4.69) is 15.3 Å². The van der Waals surface area contributed by atoms with Crippen molar-refractivity contribution < 1.29 is 4.79 Å². The van der Waals surface area contributed by atoms with Crippen molar-refractivity contribution in [1.82, 2.24) is 21.0 Å². The van der Waals surface area contributed by atoms with Gasteiger partial charge >= 0.3 is 6.03 Å². The lowest BCUT2D eigenvalue weighted by molar-refractivity contribution is 0.248. The molecule has 0 aliphatic carbocycles. The van der Waals surface area contributed by atoms with Gasteiger partial charge in [-0.25, -0.2) is 15.5 Å². The van der Waals surface area contributed by atoms with Gasteiger partial charge in [0.25, 0.3) is 0 Å². The Morgan fingerprint density at radius 3 is 3.18 bits per heavy atom. The van der Waals surface area contributed by atoms with E-state index >= 15 is 0 Å². The highest BCUT2D eigenvalue weighted by atomic mass is 16.2. The molecule has 0 saturated heterocycles. The smallest absolute Gasteiger partial charge is 0.333 e. The summed E-state index contributed by atoms with van der Waals surface area (Å²) in [5, 5.41) is 2.36. The summed E-state index contributed by atoms with van der Waals surface area (Å²) < 4.78 is 0. The van der Waals surface area contributed by atoms with E-state index in [0.29, 0.717) is 13.0 Å². The van der Waals surface area contributed by atoms with Gasteiger partial charge < -0.3 is 10.3 Å². The second kappa shape index (κ2) is 3.60. The Labute approximate surface area is 64.0 Å². The summed E-state index contributed by atoms with van der Waals surface area (Å²) in [7, 11) is 0. The molecule has 0 aliphatic heterocycles. The Balaban J connectivity index is 2.19. The van der Waals surface area contributed by atoms with Crippen LogP contribution in [0, 0.1) is 0 Å². The summed E-state index contributed by atoms with van der Waals surface area (Å²) in [5.41, 5.74) is 7.49. The first-order valence-electron chi connectivity index (χ1n) is 3.25. The fraction of sp³-hybridized carbons (Fsp3) is 0.333. The number of H-pyrrole nitrogens is 1. The van der Waals surface area contributed by atoms with E-state index in [0.717, 1.165) is 5.69 Å². The number of carbonyl (C=O) groups excluding carboxylic acids is 1. The molecule has 2 amide bonds. The van der Waals surface area contributed by atoms with Gasteiger partial charge in [0.1, 0.15) is 0 Å². The molecular formula is C6H9N4O. The maximum atomic E-state index is 10.1. The van der Waals surface area contributed by atoms with Crippen molar-refractivity contribution in [2.45, 2.75) is 6.42 Å². The van der Waals surface area contributed by atoms with Crippen LogP contribution in [0.15, 0.2) is 12.5 Å². The molecule has 0 unspecified atom stereocenters. The van der Waals surface area contributed by atoms with Crippen LogP contribution in [0.2, 0.25) is 0 Å². The molecule has 5 heteroatoms. The van der Waals surface area contributed by atoms with E-state index < -0.39 is 6.03 Å². The van der Waals surface area contributed by atoms with Crippen LogP contribution in [0.3, 0.4) is 0 Å². The largest absolute Gasteiger partial charge is 0.348 e. The summed E-state index contributed by atoms with van der Waals surface area (Å²) in [5.74, 6) is 0. The van der Waals surface area contributed by atoms with Gasteiger partial charge in [0.15, 0.2) is 0 Å². The van der Waals surface area contributed by atoms with E-state index in [1.165, 1.54) is 0 Å². The third-order valence-electron chi connectivity index (χ3n) is 1.23. The number of rotatable bonds is 3. The summed E-state index contributed by atoms with van der Waals surface area (Å²) in [6.07, 6.45) is 3.96. The van der Waals surface area contributed by atoms with Crippen molar-refractivity contribution in [1.29, 1.82) is 0 Å². The summed E-state index contributed by atoms with van der Waals surface area (Å²) in [6, 6.07) is -0.746. The highest BCUT2D eigenvalue weighted by molar-refractivity contribution is 5.70. The van der Waals surface area contributed by atoms with Crippen LogP contribution in [0.25, 0.3) is 0 Å².